The van der Waals surface area contributed by atoms with Gasteiger partial charge in [0.15, 0.2) is 0 Å². The van der Waals surface area contributed by atoms with E-state index in [9.17, 15) is 4.79 Å². The van der Waals surface area contributed by atoms with Crippen molar-refractivity contribution in [2.24, 2.45) is 23.7 Å². The minimum atomic E-state index is 0.403. The second-order valence-electron chi connectivity index (χ2n) is 6.91. The summed E-state index contributed by atoms with van der Waals surface area (Å²) in [4.78, 5) is 12.7. The van der Waals surface area contributed by atoms with Crippen LogP contribution in [-0.4, -0.2) is 5.78 Å². The van der Waals surface area contributed by atoms with E-state index in [1.165, 1.54) is 57.8 Å². The Labute approximate surface area is 113 Å². The number of carbonyl (C=O) groups is 1. The molecule has 2 rings (SSSR count). The van der Waals surface area contributed by atoms with E-state index in [2.05, 4.69) is 13.8 Å². The summed E-state index contributed by atoms with van der Waals surface area (Å²) in [6.45, 7) is 4.68. The van der Waals surface area contributed by atoms with Crippen molar-refractivity contribution in [3.05, 3.63) is 0 Å². The summed E-state index contributed by atoms with van der Waals surface area (Å²) in [6, 6.07) is 0. The Kier molecular flexibility index (Phi) is 5.26. The third-order valence-corrected chi connectivity index (χ3v) is 5.51. The highest BCUT2D eigenvalue weighted by Crippen LogP contribution is 2.36. The summed E-state index contributed by atoms with van der Waals surface area (Å²) < 4.78 is 0. The van der Waals surface area contributed by atoms with Crippen LogP contribution in [0, 0.1) is 23.7 Å². The molecule has 2 saturated carbocycles. The van der Waals surface area contributed by atoms with E-state index >= 15 is 0 Å². The van der Waals surface area contributed by atoms with Gasteiger partial charge in [-0.15, -0.1) is 0 Å². The molecule has 2 fully saturated rings. The number of hydrogen-bond donors (Lipinski definition) is 0. The first-order valence-corrected chi connectivity index (χ1v) is 8.22. The smallest absolute Gasteiger partial charge is 0.139 e. The van der Waals surface area contributed by atoms with E-state index in [0.717, 1.165) is 18.3 Å². The van der Waals surface area contributed by atoms with E-state index in [0.29, 0.717) is 17.6 Å². The lowest BCUT2D eigenvalue weighted by Crippen LogP contribution is -2.31. The van der Waals surface area contributed by atoms with Gasteiger partial charge < -0.3 is 0 Å². The van der Waals surface area contributed by atoms with E-state index in [4.69, 9.17) is 0 Å². The molecule has 2 aliphatic rings. The van der Waals surface area contributed by atoms with Crippen LogP contribution < -0.4 is 0 Å². The van der Waals surface area contributed by atoms with Gasteiger partial charge in [-0.3, -0.25) is 4.79 Å². The summed E-state index contributed by atoms with van der Waals surface area (Å²) in [5.74, 6) is 3.03. The van der Waals surface area contributed by atoms with Gasteiger partial charge in [0, 0.05) is 11.8 Å². The Hall–Kier alpha value is -0.330. The molecule has 0 amide bonds. The molecule has 18 heavy (non-hydrogen) atoms. The first-order valence-electron chi connectivity index (χ1n) is 8.22. The molecule has 0 spiro atoms. The van der Waals surface area contributed by atoms with Gasteiger partial charge in [0.05, 0.1) is 0 Å². The van der Waals surface area contributed by atoms with E-state index in [1.807, 2.05) is 0 Å². The fraction of sp³-hybridized carbons (Fsp3) is 0.941. The molecule has 0 aliphatic heterocycles. The van der Waals surface area contributed by atoms with Crippen LogP contribution in [0.3, 0.4) is 0 Å². The summed E-state index contributed by atoms with van der Waals surface area (Å²) in [5, 5.41) is 0. The predicted octanol–water partition coefficient (Wildman–Crippen LogP) is 4.99. The Bertz CT molecular complexity index is 256. The van der Waals surface area contributed by atoms with Crippen molar-refractivity contribution in [1.29, 1.82) is 0 Å². The van der Waals surface area contributed by atoms with Gasteiger partial charge in [-0.05, 0) is 43.9 Å². The van der Waals surface area contributed by atoms with Crippen LogP contribution in [0.4, 0.5) is 0 Å². The molecule has 3 atom stereocenters. The molecule has 0 aromatic heterocycles. The standard InChI is InChI=1S/C17H30O/c1-13-10-11-16(12-14(13)2)17(18)15-8-6-4-3-5-7-9-15/h13-16H,3-12H2,1-2H3. The Morgan fingerprint density at radius 3 is 1.94 bits per heavy atom. The molecule has 0 bridgehead atoms. The summed E-state index contributed by atoms with van der Waals surface area (Å²) in [5.41, 5.74) is 0. The summed E-state index contributed by atoms with van der Waals surface area (Å²) >= 11 is 0. The molecule has 1 heteroatoms. The van der Waals surface area contributed by atoms with Gasteiger partial charge in [-0.1, -0.05) is 46.0 Å². The highest BCUT2D eigenvalue weighted by atomic mass is 16.1. The summed E-state index contributed by atoms with van der Waals surface area (Å²) in [7, 11) is 0. The molecule has 2 aliphatic carbocycles. The Morgan fingerprint density at radius 1 is 0.722 bits per heavy atom. The lowest BCUT2D eigenvalue weighted by molar-refractivity contribution is -0.129. The van der Waals surface area contributed by atoms with Gasteiger partial charge in [0.25, 0.3) is 0 Å². The fourth-order valence-corrected chi connectivity index (χ4v) is 3.88. The van der Waals surface area contributed by atoms with Gasteiger partial charge >= 0.3 is 0 Å². The quantitative estimate of drug-likeness (QED) is 0.675. The van der Waals surface area contributed by atoms with Gasteiger partial charge in [0.2, 0.25) is 0 Å². The molecule has 0 aromatic rings. The third-order valence-electron chi connectivity index (χ3n) is 5.51. The lowest BCUT2D eigenvalue weighted by atomic mass is 9.71. The first-order chi connectivity index (χ1) is 8.68. The molecule has 104 valence electrons. The van der Waals surface area contributed by atoms with Gasteiger partial charge in [-0.25, -0.2) is 0 Å². The van der Waals surface area contributed by atoms with Crippen molar-refractivity contribution in [1.82, 2.24) is 0 Å². The van der Waals surface area contributed by atoms with E-state index in [-0.39, 0.29) is 0 Å². The monoisotopic (exact) mass is 250 g/mol. The van der Waals surface area contributed by atoms with Crippen LogP contribution in [0.25, 0.3) is 0 Å². The normalized spacial score (nSPS) is 35.8. The molecule has 0 heterocycles. The van der Waals surface area contributed by atoms with Crippen molar-refractivity contribution < 1.29 is 4.79 Å². The average Bonchev–Trinajstić information content (AvgIpc) is 2.31. The molecule has 1 nitrogen and oxygen atoms in total. The minimum absolute atomic E-state index is 0.403. The predicted molar refractivity (Wildman–Crippen MR) is 76.5 cm³/mol. The van der Waals surface area contributed by atoms with Crippen LogP contribution in [-0.2, 0) is 4.79 Å². The van der Waals surface area contributed by atoms with Crippen LogP contribution >= 0.6 is 0 Å². The van der Waals surface area contributed by atoms with Crippen molar-refractivity contribution in [3.8, 4) is 0 Å². The maximum absolute atomic E-state index is 12.7. The Balaban J connectivity index is 1.88. The molecular formula is C17H30O. The van der Waals surface area contributed by atoms with Crippen molar-refractivity contribution >= 4 is 5.78 Å². The average molecular weight is 250 g/mol. The highest BCUT2D eigenvalue weighted by molar-refractivity contribution is 5.83. The molecular weight excluding hydrogens is 220 g/mol. The number of ketones is 1. The molecule has 0 N–H and O–H groups in total. The highest BCUT2D eigenvalue weighted by Gasteiger charge is 2.32. The van der Waals surface area contributed by atoms with E-state index < -0.39 is 0 Å². The zero-order valence-corrected chi connectivity index (χ0v) is 12.3. The second-order valence-corrected chi connectivity index (χ2v) is 6.91. The molecule has 0 saturated heterocycles. The number of Topliss-reactive ketones (excluding diaryl/α,β-unsaturated/α-hetero) is 1. The number of rotatable bonds is 2. The van der Waals surface area contributed by atoms with E-state index in [1.54, 1.807) is 0 Å². The van der Waals surface area contributed by atoms with Gasteiger partial charge in [0.1, 0.15) is 5.78 Å². The van der Waals surface area contributed by atoms with Crippen molar-refractivity contribution in [2.45, 2.75) is 78.1 Å². The van der Waals surface area contributed by atoms with Crippen LogP contribution in [0.1, 0.15) is 78.1 Å². The maximum atomic E-state index is 12.7. The third kappa shape index (κ3) is 3.59. The first kappa shape index (κ1) is 14.1. The lowest BCUT2D eigenvalue weighted by Gasteiger charge is -2.33. The fourth-order valence-electron chi connectivity index (χ4n) is 3.88. The Morgan fingerprint density at radius 2 is 1.33 bits per heavy atom. The zero-order valence-electron chi connectivity index (χ0n) is 12.3. The van der Waals surface area contributed by atoms with Crippen molar-refractivity contribution in [2.75, 3.05) is 0 Å². The van der Waals surface area contributed by atoms with Crippen molar-refractivity contribution in [3.63, 3.8) is 0 Å². The number of carbonyl (C=O) groups excluding carboxylic acids is 1. The van der Waals surface area contributed by atoms with Crippen LogP contribution in [0.15, 0.2) is 0 Å². The van der Waals surface area contributed by atoms with Gasteiger partial charge in [-0.2, -0.15) is 0 Å². The second kappa shape index (κ2) is 6.73. The molecule has 3 unspecified atom stereocenters. The minimum Gasteiger partial charge on any atom is -0.299 e. The summed E-state index contributed by atoms with van der Waals surface area (Å²) in [6.07, 6.45) is 12.6. The molecule has 0 radical (unpaired) electrons. The number of hydrogen-bond acceptors (Lipinski definition) is 1. The topological polar surface area (TPSA) is 17.1 Å². The molecule has 0 aromatic carbocycles. The van der Waals surface area contributed by atoms with Crippen LogP contribution in [0.5, 0.6) is 0 Å². The SMILES string of the molecule is CC1CCC(C(=O)C2CCCCCCC2)CC1C. The zero-order chi connectivity index (χ0) is 13.0. The largest absolute Gasteiger partial charge is 0.299 e. The maximum Gasteiger partial charge on any atom is 0.139 e. The van der Waals surface area contributed by atoms with Crippen LogP contribution in [0.2, 0.25) is 0 Å².